The van der Waals surface area contributed by atoms with Crippen molar-refractivity contribution in [3.05, 3.63) is 23.3 Å². The van der Waals surface area contributed by atoms with Crippen molar-refractivity contribution in [1.82, 2.24) is 0 Å². The SMILES string of the molecule is COc1cc(CC(=O)O)cc(OC(F)F)c1C#N. The van der Waals surface area contributed by atoms with Gasteiger partial charge in [-0.25, -0.2) is 0 Å². The molecule has 1 rings (SSSR count). The summed E-state index contributed by atoms with van der Waals surface area (Å²) in [6, 6.07) is 4.05. The number of ether oxygens (including phenoxy) is 2. The van der Waals surface area contributed by atoms with Crippen molar-refractivity contribution in [3.63, 3.8) is 0 Å². The lowest BCUT2D eigenvalue weighted by molar-refractivity contribution is -0.136. The van der Waals surface area contributed by atoms with Crippen LogP contribution in [0.1, 0.15) is 11.1 Å². The second-order valence-electron chi connectivity index (χ2n) is 3.23. The lowest BCUT2D eigenvalue weighted by atomic mass is 10.1. The third-order valence-corrected chi connectivity index (χ3v) is 2.03. The van der Waals surface area contributed by atoms with Crippen molar-refractivity contribution in [2.24, 2.45) is 0 Å². The standard InChI is InChI=1S/C11H9F2NO4/c1-17-8-2-6(4-10(15)16)3-9(7(8)5-14)18-11(12)13/h2-3,11H,4H2,1H3,(H,15,16). The van der Waals surface area contributed by atoms with E-state index in [0.717, 1.165) is 6.07 Å². The van der Waals surface area contributed by atoms with E-state index in [4.69, 9.17) is 15.1 Å². The van der Waals surface area contributed by atoms with Gasteiger partial charge in [0.05, 0.1) is 13.5 Å². The lowest BCUT2D eigenvalue weighted by Crippen LogP contribution is -2.07. The van der Waals surface area contributed by atoms with Crippen LogP contribution >= 0.6 is 0 Å². The van der Waals surface area contributed by atoms with Gasteiger partial charge in [-0.1, -0.05) is 0 Å². The van der Waals surface area contributed by atoms with Crippen LogP contribution in [0.25, 0.3) is 0 Å². The highest BCUT2D eigenvalue weighted by atomic mass is 19.3. The van der Waals surface area contributed by atoms with Gasteiger partial charge in [0.15, 0.2) is 0 Å². The molecule has 1 aromatic carbocycles. The topological polar surface area (TPSA) is 79.6 Å². The maximum Gasteiger partial charge on any atom is 0.387 e. The first-order valence-electron chi connectivity index (χ1n) is 4.75. The quantitative estimate of drug-likeness (QED) is 0.869. The van der Waals surface area contributed by atoms with Gasteiger partial charge >= 0.3 is 12.6 Å². The molecule has 0 aliphatic heterocycles. The van der Waals surface area contributed by atoms with Gasteiger partial charge < -0.3 is 14.6 Å². The molecular formula is C11H9F2NO4. The van der Waals surface area contributed by atoms with Crippen molar-refractivity contribution in [2.75, 3.05) is 7.11 Å². The summed E-state index contributed by atoms with van der Waals surface area (Å²) in [5, 5.41) is 17.5. The Balaban J connectivity index is 3.27. The molecule has 0 bridgehead atoms. The monoisotopic (exact) mass is 257 g/mol. The van der Waals surface area contributed by atoms with Crippen LogP contribution < -0.4 is 9.47 Å². The van der Waals surface area contributed by atoms with E-state index in [0.29, 0.717) is 0 Å². The van der Waals surface area contributed by atoms with Gasteiger partial charge in [-0.05, 0) is 17.7 Å². The number of methoxy groups -OCH3 is 1. The molecule has 7 heteroatoms. The number of hydrogen-bond acceptors (Lipinski definition) is 4. The fourth-order valence-electron chi connectivity index (χ4n) is 1.38. The third kappa shape index (κ3) is 3.31. The van der Waals surface area contributed by atoms with Crippen LogP contribution in [0.3, 0.4) is 0 Å². The van der Waals surface area contributed by atoms with Crippen molar-refractivity contribution in [3.8, 4) is 17.6 Å². The van der Waals surface area contributed by atoms with E-state index in [1.54, 1.807) is 6.07 Å². The van der Waals surface area contributed by atoms with Gasteiger partial charge in [0.25, 0.3) is 0 Å². The molecule has 1 N–H and O–H groups in total. The fourth-order valence-corrected chi connectivity index (χ4v) is 1.38. The molecule has 0 aliphatic rings. The van der Waals surface area contributed by atoms with Crippen LogP contribution in [-0.2, 0) is 11.2 Å². The molecule has 0 fully saturated rings. The predicted molar refractivity (Wildman–Crippen MR) is 55.7 cm³/mol. The van der Waals surface area contributed by atoms with Crippen molar-refractivity contribution < 1.29 is 28.2 Å². The first kappa shape index (κ1) is 13.7. The summed E-state index contributed by atoms with van der Waals surface area (Å²) in [4.78, 5) is 10.6. The summed E-state index contributed by atoms with van der Waals surface area (Å²) in [6.45, 7) is -3.11. The highest BCUT2D eigenvalue weighted by Gasteiger charge is 2.17. The van der Waals surface area contributed by atoms with E-state index in [-0.39, 0.29) is 23.3 Å². The Bertz CT molecular complexity index is 497. The molecule has 18 heavy (non-hydrogen) atoms. The average molecular weight is 257 g/mol. The maximum atomic E-state index is 12.2. The highest BCUT2D eigenvalue weighted by Crippen LogP contribution is 2.31. The first-order valence-corrected chi connectivity index (χ1v) is 4.75. The number of aliphatic carboxylic acids is 1. The van der Waals surface area contributed by atoms with Crippen molar-refractivity contribution in [1.29, 1.82) is 5.26 Å². The molecule has 0 saturated carbocycles. The molecule has 0 saturated heterocycles. The van der Waals surface area contributed by atoms with Crippen LogP contribution in [0.15, 0.2) is 12.1 Å². The Morgan fingerprint density at radius 1 is 1.50 bits per heavy atom. The number of alkyl halides is 2. The maximum absolute atomic E-state index is 12.2. The fraction of sp³-hybridized carbons (Fsp3) is 0.273. The molecule has 0 aliphatic carbocycles. The number of nitrogens with zero attached hydrogens (tertiary/aromatic N) is 1. The van der Waals surface area contributed by atoms with Gasteiger partial charge in [-0.2, -0.15) is 14.0 Å². The smallest absolute Gasteiger partial charge is 0.387 e. The van der Waals surface area contributed by atoms with Crippen LogP contribution in [0.5, 0.6) is 11.5 Å². The zero-order valence-corrected chi connectivity index (χ0v) is 9.31. The number of carboxylic acids is 1. The van der Waals surface area contributed by atoms with Crippen LogP contribution in [0, 0.1) is 11.3 Å². The van der Waals surface area contributed by atoms with Gasteiger partial charge in [0.2, 0.25) is 0 Å². The molecule has 0 radical (unpaired) electrons. The minimum Gasteiger partial charge on any atom is -0.495 e. The molecule has 96 valence electrons. The number of rotatable bonds is 5. The second kappa shape index (κ2) is 5.82. The summed E-state index contributed by atoms with van der Waals surface area (Å²) in [7, 11) is 1.24. The van der Waals surface area contributed by atoms with Gasteiger partial charge in [-0.15, -0.1) is 0 Å². The second-order valence-corrected chi connectivity index (χ2v) is 3.23. The van der Waals surface area contributed by atoms with E-state index < -0.39 is 18.3 Å². The zero-order chi connectivity index (χ0) is 13.7. The summed E-state index contributed by atoms with van der Waals surface area (Å²) >= 11 is 0. The Labute approximate surface area is 101 Å². The molecule has 1 aromatic rings. The lowest BCUT2D eigenvalue weighted by Gasteiger charge is -2.11. The van der Waals surface area contributed by atoms with Gasteiger partial charge in [0, 0.05) is 0 Å². The number of carboxylic acid groups (broad SMARTS) is 1. The first-order chi connectivity index (χ1) is 8.47. The minimum atomic E-state index is -3.11. The molecule has 0 heterocycles. The summed E-state index contributed by atoms with van der Waals surface area (Å²) in [5.41, 5.74) is 0.000869. The number of hydrogen-bond donors (Lipinski definition) is 1. The Morgan fingerprint density at radius 2 is 2.11 bits per heavy atom. The summed E-state index contributed by atoms with van der Waals surface area (Å²) in [6.07, 6.45) is -0.387. The van der Waals surface area contributed by atoms with E-state index in [2.05, 4.69) is 4.74 Å². The zero-order valence-electron chi connectivity index (χ0n) is 9.31. The van der Waals surface area contributed by atoms with E-state index >= 15 is 0 Å². The minimum absolute atomic E-state index is 0.00750. The Morgan fingerprint density at radius 3 is 2.56 bits per heavy atom. The average Bonchev–Trinajstić information content (AvgIpc) is 2.26. The number of carbonyl (C=O) groups is 1. The van der Waals surface area contributed by atoms with E-state index in [1.807, 2.05) is 0 Å². The van der Waals surface area contributed by atoms with Crippen LogP contribution in [0.4, 0.5) is 8.78 Å². The van der Waals surface area contributed by atoms with Crippen LogP contribution in [0.2, 0.25) is 0 Å². The predicted octanol–water partition coefficient (Wildman–Crippen LogP) is 1.80. The van der Waals surface area contributed by atoms with Gasteiger partial charge in [0.1, 0.15) is 23.1 Å². The molecule has 0 spiro atoms. The summed E-state index contributed by atoms with van der Waals surface area (Å²) < 4.78 is 33.4. The molecule has 5 nitrogen and oxygen atoms in total. The molecular weight excluding hydrogens is 248 g/mol. The Hall–Kier alpha value is -2.36. The van der Waals surface area contributed by atoms with Crippen LogP contribution in [-0.4, -0.2) is 24.8 Å². The largest absolute Gasteiger partial charge is 0.495 e. The van der Waals surface area contributed by atoms with Crippen molar-refractivity contribution >= 4 is 5.97 Å². The van der Waals surface area contributed by atoms with E-state index in [1.165, 1.54) is 13.2 Å². The normalized spacial score (nSPS) is 9.94. The molecule has 0 unspecified atom stereocenters. The van der Waals surface area contributed by atoms with E-state index in [9.17, 15) is 13.6 Å². The number of benzene rings is 1. The van der Waals surface area contributed by atoms with Crippen molar-refractivity contribution in [2.45, 2.75) is 13.0 Å². The van der Waals surface area contributed by atoms with Gasteiger partial charge in [-0.3, -0.25) is 4.79 Å². The number of halogens is 2. The molecule has 0 aromatic heterocycles. The molecule has 0 amide bonds. The summed E-state index contributed by atoms with van der Waals surface area (Å²) in [5.74, 6) is -1.54. The third-order valence-electron chi connectivity index (χ3n) is 2.03. The highest BCUT2D eigenvalue weighted by molar-refractivity contribution is 5.71. The molecule has 0 atom stereocenters. The number of nitriles is 1. The Kier molecular flexibility index (Phi) is 4.43.